The second-order valence-corrected chi connectivity index (χ2v) is 4.31. The van der Waals surface area contributed by atoms with Gasteiger partial charge in [-0.1, -0.05) is 40.7 Å². The lowest BCUT2D eigenvalue weighted by Gasteiger charge is -2.37. The molecule has 0 unspecified atom stereocenters. The van der Waals surface area contributed by atoms with Gasteiger partial charge >= 0.3 is 0 Å². The van der Waals surface area contributed by atoms with Crippen molar-refractivity contribution in [3.63, 3.8) is 0 Å². The Balaban J connectivity index is 4.37. The standard InChI is InChI=1S/C11H22/c1-7-8-11(6,9(2)3)10(4)5/h7,9-10H,1,8H2,2-6H3. The van der Waals surface area contributed by atoms with Crippen molar-refractivity contribution in [2.75, 3.05) is 0 Å². The summed E-state index contributed by atoms with van der Waals surface area (Å²) >= 11 is 0. The summed E-state index contributed by atoms with van der Waals surface area (Å²) in [5.74, 6) is 1.47. The van der Waals surface area contributed by atoms with Gasteiger partial charge in [-0.05, 0) is 23.7 Å². The van der Waals surface area contributed by atoms with Crippen molar-refractivity contribution in [2.45, 2.75) is 41.0 Å². The van der Waals surface area contributed by atoms with E-state index in [1.165, 1.54) is 0 Å². The van der Waals surface area contributed by atoms with Crippen LogP contribution in [0.2, 0.25) is 0 Å². The highest BCUT2D eigenvalue weighted by molar-refractivity contribution is 4.87. The Morgan fingerprint density at radius 2 is 1.55 bits per heavy atom. The molecule has 0 rings (SSSR count). The molecule has 0 fully saturated rings. The average Bonchev–Trinajstić information content (AvgIpc) is 1.87. The molecule has 0 saturated heterocycles. The van der Waals surface area contributed by atoms with Gasteiger partial charge < -0.3 is 0 Å². The maximum atomic E-state index is 3.81. The van der Waals surface area contributed by atoms with Crippen LogP contribution in [0.3, 0.4) is 0 Å². The number of hydrogen-bond donors (Lipinski definition) is 0. The van der Waals surface area contributed by atoms with Gasteiger partial charge in [0.2, 0.25) is 0 Å². The quantitative estimate of drug-likeness (QED) is 0.539. The fourth-order valence-corrected chi connectivity index (χ4v) is 1.45. The molecule has 0 aliphatic heterocycles. The summed E-state index contributed by atoms with van der Waals surface area (Å²) in [5.41, 5.74) is 0.432. The third-order valence-electron chi connectivity index (χ3n) is 3.22. The Morgan fingerprint density at radius 1 is 1.18 bits per heavy atom. The predicted molar refractivity (Wildman–Crippen MR) is 52.6 cm³/mol. The van der Waals surface area contributed by atoms with Crippen molar-refractivity contribution in [1.82, 2.24) is 0 Å². The molecule has 0 atom stereocenters. The second kappa shape index (κ2) is 3.94. The molecule has 0 aromatic carbocycles. The molecular weight excluding hydrogens is 132 g/mol. The van der Waals surface area contributed by atoms with E-state index >= 15 is 0 Å². The molecule has 0 heteroatoms. The Hall–Kier alpha value is -0.260. The molecular formula is C11H22. The van der Waals surface area contributed by atoms with Crippen molar-refractivity contribution in [3.8, 4) is 0 Å². The van der Waals surface area contributed by atoms with Crippen LogP contribution in [0, 0.1) is 17.3 Å². The van der Waals surface area contributed by atoms with Crippen LogP contribution < -0.4 is 0 Å². The SMILES string of the molecule is C=CCC(C)(C(C)C)C(C)C. The lowest BCUT2D eigenvalue weighted by molar-refractivity contribution is 0.141. The van der Waals surface area contributed by atoms with Crippen molar-refractivity contribution in [3.05, 3.63) is 12.7 Å². The summed E-state index contributed by atoms with van der Waals surface area (Å²) in [7, 11) is 0. The van der Waals surface area contributed by atoms with Crippen LogP contribution in [-0.4, -0.2) is 0 Å². The highest BCUT2D eigenvalue weighted by atomic mass is 14.3. The molecule has 0 N–H and O–H groups in total. The molecule has 11 heavy (non-hydrogen) atoms. The van der Waals surface area contributed by atoms with E-state index in [0.717, 1.165) is 18.3 Å². The van der Waals surface area contributed by atoms with Crippen LogP contribution in [0.15, 0.2) is 12.7 Å². The smallest absolute Gasteiger partial charge is 0.0245 e. The zero-order valence-corrected chi connectivity index (χ0v) is 8.65. The Kier molecular flexibility index (Phi) is 3.85. The normalized spacial score (nSPS) is 12.6. The van der Waals surface area contributed by atoms with Crippen LogP contribution in [-0.2, 0) is 0 Å². The second-order valence-electron chi connectivity index (χ2n) is 4.31. The Morgan fingerprint density at radius 3 is 1.64 bits per heavy atom. The highest BCUT2D eigenvalue weighted by Gasteiger charge is 2.29. The molecule has 0 amide bonds. The first-order valence-corrected chi connectivity index (χ1v) is 4.56. The maximum Gasteiger partial charge on any atom is -0.0245 e. The fourth-order valence-electron chi connectivity index (χ4n) is 1.45. The van der Waals surface area contributed by atoms with Crippen LogP contribution in [0.25, 0.3) is 0 Å². The number of hydrogen-bond acceptors (Lipinski definition) is 0. The van der Waals surface area contributed by atoms with Crippen molar-refractivity contribution in [1.29, 1.82) is 0 Å². The lowest BCUT2D eigenvalue weighted by atomic mass is 9.68. The Bertz CT molecular complexity index is 112. The van der Waals surface area contributed by atoms with Crippen LogP contribution >= 0.6 is 0 Å². The molecule has 0 aliphatic carbocycles. The van der Waals surface area contributed by atoms with E-state index in [1.54, 1.807) is 0 Å². The van der Waals surface area contributed by atoms with Crippen LogP contribution in [0.5, 0.6) is 0 Å². The zero-order chi connectivity index (χ0) is 9.07. The fraction of sp³-hybridized carbons (Fsp3) is 0.818. The molecule has 0 radical (unpaired) electrons. The minimum absolute atomic E-state index is 0.432. The van der Waals surface area contributed by atoms with E-state index in [0.29, 0.717) is 5.41 Å². The summed E-state index contributed by atoms with van der Waals surface area (Å²) in [6.45, 7) is 15.3. The number of allylic oxidation sites excluding steroid dienone is 1. The maximum absolute atomic E-state index is 3.81. The zero-order valence-electron chi connectivity index (χ0n) is 8.65. The first kappa shape index (κ1) is 10.7. The van der Waals surface area contributed by atoms with Gasteiger partial charge in [0.05, 0.1) is 0 Å². The van der Waals surface area contributed by atoms with Gasteiger partial charge in [-0.25, -0.2) is 0 Å². The van der Waals surface area contributed by atoms with E-state index in [4.69, 9.17) is 0 Å². The Labute approximate surface area is 71.7 Å². The third kappa shape index (κ3) is 2.36. The molecule has 0 heterocycles. The topological polar surface area (TPSA) is 0 Å². The summed E-state index contributed by atoms with van der Waals surface area (Å²) < 4.78 is 0. The first-order valence-electron chi connectivity index (χ1n) is 4.56. The summed E-state index contributed by atoms with van der Waals surface area (Å²) in [5, 5.41) is 0. The van der Waals surface area contributed by atoms with Gasteiger partial charge in [-0.15, -0.1) is 6.58 Å². The molecule has 0 aromatic rings. The van der Waals surface area contributed by atoms with E-state index < -0.39 is 0 Å². The molecule has 0 saturated carbocycles. The van der Waals surface area contributed by atoms with Crippen LogP contribution in [0.4, 0.5) is 0 Å². The molecule has 0 aromatic heterocycles. The minimum Gasteiger partial charge on any atom is -0.103 e. The van der Waals surface area contributed by atoms with E-state index in [-0.39, 0.29) is 0 Å². The average molecular weight is 154 g/mol. The lowest BCUT2D eigenvalue weighted by Crippen LogP contribution is -2.28. The molecule has 0 spiro atoms. The highest BCUT2D eigenvalue weighted by Crippen LogP contribution is 2.38. The summed E-state index contributed by atoms with van der Waals surface area (Å²) in [4.78, 5) is 0. The van der Waals surface area contributed by atoms with E-state index in [9.17, 15) is 0 Å². The van der Waals surface area contributed by atoms with Crippen LogP contribution in [0.1, 0.15) is 41.0 Å². The molecule has 0 bridgehead atoms. The molecule has 66 valence electrons. The molecule has 0 nitrogen and oxygen atoms in total. The molecule has 0 aliphatic rings. The van der Waals surface area contributed by atoms with Gasteiger partial charge in [0, 0.05) is 0 Å². The van der Waals surface area contributed by atoms with Gasteiger partial charge in [0.15, 0.2) is 0 Å². The summed E-state index contributed by atoms with van der Waals surface area (Å²) in [6.07, 6.45) is 3.17. The first-order chi connectivity index (χ1) is 4.95. The third-order valence-corrected chi connectivity index (χ3v) is 3.22. The van der Waals surface area contributed by atoms with Crippen molar-refractivity contribution >= 4 is 0 Å². The largest absolute Gasteiger partial charge is 0.103 e. The summed E-state index contributed by atoms with van der Waals surface area (Å²) in [6, 6.07) is 0. The number of rotatable bonds is 4. The van der Waals surface area contributed by atoms with Gasteiger partial charge in [0.25, 0.3) is 0 Å². The van der Waals surface area contributed by atoms with Crippen molar-refractivity contribution < 1.29 is 0 Å². The van der Waals surface area contributed by atoms with E-state index in [1.807, 2.05) is 6.08 Å². The monoisotopic (exact) mass is 154 g/mol. The van der Waals surface area contributed by atoms with Gasteiger partial charge in [-0.3, -0.25) is 0 Å². The minimum atomic E-state index is 0.432. The van der Waals surface area contributed by atoms with Crippen molar-refractivity contribution in [2.24, 2.45) is 17.3 Å². The van der Waals surface area contributed by atoms with E-state index in [2.05, 4.69) is 41.2 Å². The predicted octanol–water partition coefficient (Wildman–Crippen LogP) is 3.88. The van der Waals surface area contributed by atoms with Gasteiger partial charge in [0.1, 0.15) is 0 Å². The van der Waals surface area contributed by atoms with Gasteiger partial charge in [-0.2, -0.15) is 0 Å².